The van der Waals surface area contributed by atoms with Crippen LogP contribution in [0.25, 0.3) is 11.3 Å². The molecule has 0 fully saturated rings. The Balaban J connectivity index is 1.59. The largest absolute Gasteiger partial charge is 0.482 e. The molecule has 11 nitrogen and oxygen atoms in total. The fourth-order valence-corrected chi connectivity index (χ4v) is 5.51. The molecule has 4 aromatic rings. The zero-order valence-corrected chi connectivity index (χ0v) is 22.2. The number of carbonyl (C=O) groups is 2. The van der Waals surface area contributed by atoms with E-state index in [-0.39, 0.29) is 41.5 Å². The molecule has 3 heterocycles. The molecule has 1 N–H and O–H groups in total. The Morgan fingerprint density at radius 1 is 1.07 bits per heavy atom. The zero-order chi connectivity index (χ0) is 28.0. The molecule has 0 radical (unpaired) electrons. The minimum absolute atomic E-state index is 0.0643. The Morgan fingerprint density at radius 2 is 1.85 bits per heavy atom. The molecule has 0 saturated carbocycles. The lowest BCUT2D eigenvalue weighted by molar-refractivity contribution is -0.384. The van der Waals surface area contributed by atoms with Crippen LogP contribution in [0.1, 0.15) is 19.4 Å². The van der Waals surface area contributed by atoms with Gasteiger partial charge in [-0.1, -0.05) is 30.3 Å². The number of thiazole rings is 1. The number of para-hydroxylation sites is 3. The molecule has 12 heteroatoms. The van der Waals surface area contributed by atoms with Crippen LogP contribution in [0.2, 0.25) is 0 Å². The van der Waals surface area contributed by atoms with Gasteiger partial charge in [0.15, 0.2) is 12.3 Å². The molecular formula is C28H22N6O5S. The molecule has 0 bridgehead atoms. The van der Waals surface area contributed by atoms with Crippen molar-refractivity contribution in [3.8, 4) is 17.0 Å². The summed E-state index contributed by atoms with van der Waals surface area (Å²) in [5.74, 6) is 0.00874. The number of rotatable bonds is 5. The van der Waals surface area contributed by atoms with Gasteiger partial charge in [-0.25, -0.2) is 9.67 Å². The topological polar surface area (TPSA) is 131 Å². The van der Waals surface area contributed by atoms with Crippen molar-refractivity contribution in [1.82, 2.24) is 4.68 Å². The second-order valence-electron chi connectivity index (χ2n) is 9.36. The summed E-state index contributed by atoms with van der Waals surface area (Å²) in [6.07, 6.45) is 0. The van der Waals surface area contributed by atoms with Crippen LogP contribution < -0.4 is 19.8 Å². The van der Waals surface area contributed by atoms with Crippen molar-refractivity contribution < 1.29 is 19.2 Å². The molecule has 40 heavy (non-hydrogen) atoms. The van der Waals surface area contributed by atoms with Gasteiger partial charge in [0, 0.05) is 28.6 Å². The molecule has 2 aliphatic heterocycles. The summed E-state index contributed by atoms with van der Waals surface area (Å²) < 4.78 is 7.01. The normalized spacial score (nSPS) is 15.7. The molecule has 0 aliphatic carbocycles. The number of nitro benzene ring substituents is 1. The van der Waals surface area contributed by atoms with Gasteiger partial charge in [0.25, 0.3) is 17.5 Å². The summed E-state index contributed by atoms with van der Waals surface area (Å²) >= 11 is 1.22. The van der Waals surface area contributed by atoms with E-state index in [0.717, 1.165) is 5.69 Å². The third kappa shape index (κ3) is 4.33. The van der Waals surface area contributed by atoms with Crippen molar-refractivity contribution in [3.63, 3.8) is 0 Å². The van der Waals surface area contributed by atoms with Gasteiger partial charge in [-0.05, 0) is 44.2 Å². The maximum atomic E-state index is 13.6. The van der Waals surface area contributed by atoms with E-state index in [2.05, 4.69) is 10.3 Å². The van der Waals surface area contributed by atoms with Gasteiger partial charge in [0.05, 0.1) is 22.0 Å². The van der Waals surface area contributed by atoms with Gasteiger partial charge in [0.1, 0.15) is 11.4 Å². The Bertz CT molecular complexity index is 1800. The number of hydrogen-bond acceptors (Lipinski definition) is 8. The van der Waals surface area contributed by atoms with Crippen LogP contribution in [-0.4, -0.2) is 39.8 Å². The summed E-state index contributed by atoms with van der Waals surface area (Å²) in [5, 5.41) is 21.1. The highest BCUT2D eigenvalue weighted by atomic mass is 32.1. The number of nitrogens with zero attached hydrogens (tertiary/aromatic N) is 5. The molecule has 0 atom stereocenters. The van der Waals surface area contributed by atoms with E-state index in [0.29, 0.717) is 33.1 Å². The van der Waals surface area contributed by atoms with Crippen molar-refractivity contribution >= 4 is 51.6 Å². The summed E-state index contributed by atoms with van der Waals surface area (Å²) in [7, 11) is 0. The predicted molar refractivity (Wildman–Crippen MR) is 151 cm³/mol. The average molecular weight is 555 g/mol. The Labute approximate surface area is 231 Å². The van der Waals surface area contributed by atoms with Crippen LogP contribution in [0.15, 0.2) is 82.2 Å². The monoisotopic (exact) mass is 554 g/mol. The maximum absolute atomic E-state index is 13.6. The first-order chi connectivity index (χ1) is 19.3. The van der Waals surface area contributed by atoms with Gasteiger partial charge in [-0.2, -0.15) is 5.10 Å². The number of fused-ring (bicyclic) bond motifs is 2. The summed E-state index contributed by atoms with van der Waals surface area (Å²) in [4.78, 5) is 43.3. The summed E-state index contributed by atoms with van der Waals surface area (Å²) in [5.41, 5.74) is 3.41. The number of benzene rings is 3. The molecule has 0 spiro atoms. The van der Waals surface area contributed by atoms with E-state index >= 15 is 0 Å². The lowest BCUT2D eigenvalue weighted by Crippen LogP contribution is -2.36. The second kappa shape index (κ2) is 9.89. The highest BCUT2D eigenvalue weighted by molar-refractivity contribution is 7.07. The van der Waals surface area contributed by atoms with E-state index < -0.39 is 4.92 Å². The SMILES string of the molecule is CC(C)N1C(=O)C(=Nn2c(-c3ccc4c(c3)NC(=O)CO4)csc2=Nc2ccccc2[N+](=O)[O-])c2ccccc21. The molecule has 3 aromatic carbocycles. The number of aromatic nitrogens is 1. The Kier molecular flexibility index (Phi) is 6.23. The first-order valence-corrected chi connectivity index (χ1v) is 13.3. The van der Waals surface area contributed by atoms with Crippen LogP contribution in [0, 0.1) is 10.1 Å². The number of nitro groups is 1. The first kappa shape index (κ1) is 25.2. The molecular weight excluding hydrogens is 532 g/mol. The van der Waals surface area contributed by atoms with Crippen LogP contribution in [0.3, 0.4) is 0 Å². The van der Waals surface area contributed by atoms with Gasteiger partial charge in [0.2, 0.25) is 4.80 Å². The van der Waals surface area contributed by atoms with Crippen LogP contribution >= 0.6 is 11.3 Å². The van der Waals surface area contributed by atoms with Crippen LogP contribution in [0.5, 0.6) is 5.75 Å². The fraction of sp³-hybridized carbons (Fsp3) is 0.143. The number of amides is 2. The van der Waals surface area contributed by atoms with Crippen molar-refractivity contribution in [1.29, 1.82) is 0 Å². The maximum Gasteiger partial charge on any atom is 0.294 e. The third-order valence-corrected chi connectivity index (χ3v) is 7.26. The minimum atomic E-state index is -0.493. The predicted octanol–water partition coefficient (Wildman–Crippen LogP) is 4.70. The highest BCUT2D eigenvalue weighted by Crippen LogP contribution is 2.35. The fourth-order valence-electron chi connectivity index (χ4n) is 4.66. The van der Waals surface area contributed by atoms with Crippen molar-refractivity contribution in [2.45, 2.75) is 19.9 Å². The minimum Gasteiger partial charge on any atom is -0.482 e. The number of carbonyl (C=O) groups excluding carboxylic acids is 2. The van der Waals surface area contributed by atoms with Gasteiger partial charge >= 0.3 is 0 Å². The first-order valence-electron chi connectivity index (χ1n) is 12.4. The van der Waals surface area contributed by atoms with E-state index in [1.807, 2.05) is 44.2 Å². The second-order valence-corrected chi connectivity index (χ2v) is 10.2. The molecule has 1 aromatic heterocycles. The van der Waals surface area contributed by atoms with Crippen LogP contribution in [0.4, 0.5) is 22.7 Å². The quantitative estimate of drug-likeness (QED) is 0.282. The molecule has 6 rings (SSSR count). The molecule has 0 unspecified atom stereocenters. The zero-order valence-electron chi connectivity index (χ0n) is 21.4. The van der Waals surface area contributed by atoms with E-state index in [1.165, 1.54) is 22.1 Å². The highest BCUT2D eigenvalue weighted by Gasteiger charge is 2.36. The van der Waals surface area contributed by atoms with Crippen molar-refractivity contribution in [2.75, 3.05) is 16.8 Å². The van der Waals surface area contributed by atoms with Crippen molar-refractivity contribution in [2.24, 2.45) is 10.1 Å². The number of anilines is 2. The van der Waals surface area contributed by atoms with E-state index in [1.54, 1.807) is 40.6 Å². The summed E-state index contributed by atoms with van der Waals surface area (Å²) in [6, 6.07) is 18.8. The molecule has 2 amide bonds. The number of ether oxygens (including phenoxy) is 1. The van der Waals surface area contributed by atoms with Gasteiger partial charge in [-0.3, -0.25) is 19.7 Å². The molecule has 2 aliphatic rings. The number of hydrogen-bond donors (Lipinski definition) is 1. The van der Waals surface area contributed by atoms with Crippen molar-refractivity contribution in [3.05, 3.63) is 92.6 Å². The number of nitrogens with one attached hydrogen (secondary N) is 1. The third-order valence-electron chi connectivity index (χ3n) is 6.44. The summed E-state index contributed by atoms with van der Waals surface area (Å²) in [6.45, 7) is 3.80. The average Bonchev–Trinajstić information content (AvgIpc) is 3.46. The lowest BCUT2D eigenvalue weighted by Gasteiger charge is -2.21. The van der Waals surface area contributed by atoms with E-state index in [4.69, 9.17) is 9.84 Å². The van der Waals surface area contributed by atoms with Gasteiger partial charge < -0.3 is 15.0 Å². The Morgan fingerprint density at radius 3 is 2.65 bits per heavy atom. The lowest BCUT2D eigenvalue weighted by atomic mass is 10.1. The van der Waals surface area contributed by atoms with Gasteiger partial charge in [-0.15, -0.1) is 11.3 Å². The molecule has 0 saturated heterocycles. The smallest absolute Gasteiger partial charge is 0.294 e. The van der Waals surface area contributed by atoms with Crippen LogP contribution in [-0.2, 0) is 9.59 Å². The van der Waals surface area contributed by atoms with E-state index in [9.17, 15) is 19.7 Å². The standard InChI is InChI=1S/C28H22N6O5S/c1-16(2)32-21-9-5-3-7-18(21)26(27(32)36)31-33-23(17-11-12-24-20(13-17)29-25(35)14-39-24)15-40-28(33)30-19-8-4-6-10-22(19)34(37)38/h3-13,15-16H,14H2,1-2H3,(H,29,35). The Hall–Kier alpha value is -5.10. The molecule has 200 valence electrons.